The van der Waals surface area contributed by atoms with Crippen LogP contribution in [0.2, 0.25) is 0 Å². The van der Waals surface area contributed by atoms with Crippen molar-refractivity contribution in [1.29, 1.82) is 0 Å². The van der Waals surface area contributed by atoms with Gasteiger partial charge in [0.25, 0.3) is 0 Å². The summed E-state index contributed by atoms with van der Waals surface area (Å²) in [7, 11) is 0. The molecule has 0 bridgehead atoms. The van der Waals surface area contributed by atoms with E-state index in [4.69, 9.17) is 14.2 Å². The van der Waals surface area contributed by atoms with Crippen LogP contribution in [0.25, 0.3) is 0 Å². The number of hydrogen-bond donors (Lipinski definition) is 0. The maximum Gasteiger partial charge on any atom is 0.306 e. The molecular weight excluding hydrogens is 949 g/mol. The van der Waals surface area contributed by atoms with Gasteiger partial charge in [0.2, 0.25) is 0 Å². The van der Waals surface area contributed by atoms with Gasteiger partial charge in [0.15, 0.2) is 6.10 Å². The second-order valence-corrected chi connectivity index (χ2v) is 23.5. The van der Waals surface area contributed by atoms with Crippen LogP contribution in [-0.2, 0) is 28.6 Å². The average Bonchev–Trinajstić information content (AvgIpc) is 3.43. The molecule has 1 unspecified atom stereocenters. The summed E-state index contributed by atoms with van der Waals surface area (Å²) < 4.78 is 17.0. The Labute approximate surface area is 480 Å². The first-order valence-corrected chi connectivity index (χ1v) is 34.5. The van der Waals surface area contributed by atoms with E-state index < -0.39 is 6.10 Å². The molecule has 0 spiro atoms. The SMILES string of the molecule is CCCCCCC/C=C\C/C=C\C/C=C\CCCCCCCCCCCCCCCCC(=O)OCC(COC(=O)CCCCCCCCCCCCCCCCC)OC(=O)CCCCCCCCCCCCCCCCC. The molecule has 0 saturated carbocycles. The lowest BCUT2D eigenvalue weighted by molar-refractivity contribution is -0.167. The van der Waals surface area contributed by atoms with Gasteiger partial charge in [-0.3, -0.25) is 14.4 Å². The Balaban J connectivity index is 4.19. The molecule has 0 aliphatic rings. The lowest BCUT2D eigenvalue weighted by atomic mass is 10.0. The van der Waals surface area contributed by atoms with Crippen LogP contribution in [0.4, 0.5) is 0 Å². The molecule has 0 amide bonds. The van der Waals surface area contributed by atoms with E-state index in [1.165, 1.54) is 270 Å². The third-order valence-electron chi connectivity index (χ3n) is 15.6. The molecule has 0 aromatic carbocycles. The Kier molecular flexibility index (Phi) is 64.1. The first-order valence-electron chi connectivity index (χ1n) is 34.5. The maximum absolute atomic E-state index is 12.9. The largest absolute Gasteiger partial charge is 0.462 e. The van der Waals surface area contributed by atoms with Gasteiger partial charge in [-0.25, -0.2) is 0 Å². The van der Waals surface area contributed by atoms with Crippen LogP contribution in [-0.4, -0.2) is 37.2 Å². The van der Waals surface area contributed by atoms with Crippen molar-refractivity contribution in [1.82, 2.24) is 0 Å². The molecule has 77 heavy (non-hydrogen) atoms. The highest BCUT2D eigenvalue weighted by Gasteiger charge is 2.19. The number of rotatable bonds is 64. The van der Waals surface area contributed by atoms with Gasteiger partial charge in [-0.05, 0) is 57.8 Å². The Morgan fingerprint density at radius 2 is 0.468 bits per heavy atom. The van der Waals surface area contributed by atoms with E-state index in [1.54, 1.807) is 0 Å². The zero-order chi connectivity index (χ0) is 55.7. The molecule has 452 valence electrons. The first kappa shape index (κ1) is 74.6. The van der Waals surface area contributed by atoms with Crippen molar-refractivity contribution >= 4 is 17.9 Å². The first-order chi connectivity index (χ1) is 38.0. The fraction of sp³-hybridized carbons (Fsp3) is 0.873. The van der Waals surface area contributed by atoms with Crippen molar-refractivity contribution in [2.45, 2.75) is 386 Å². The minimum Gasteiger partial charge on any atom is -0.462 e. The predicted octanol–water partition coefficient (Wildman–Crippen LogP) is 23.6. The van der Waals surface area contributed by atoms with E-state index in [1.807, 2.05) is 0 Å². The highest BCUT2D eigenvalue weighted by Crippen LogP contribution is 2.18. The zero-order valence-electron chi connectivity index (χ0n) is 52.0. The topological polar surface area (TPSA) is 78.9 Å². The van der Waals surface area contributed by atoms with E-state index in [-0.39, 0.29) is 31.1 Å². The summed E-state index contributed by atoms with van der Waals surface area (Å²) in [5.41, 5.74) is 0. The van der Waals surface area contributed by atoms with Gasteiger partial charge in [-0.1, -0.05) is 340 Å². The number of unbranched alkanes of at least 4 members (excludes halogenated alkanes) is 47. The quantitative estimate of drug-likeness (QED) is 0.0261. The minimum atomic E-state index is -0.768. The molecule has 0 aliphatic heterocycles. The standard InChI is InChI=1S/C71H132O6/c1-4-7-10-13-16-19-22-25-28-29-30-31-32-33-34-35-36-37-38-39-40-41-44-46-49-52-55-58-61-64-70(73)76-67-68(77-71(74)65-62-59-56-53-50-47-43-27-24-21-18-15-12-9-6-3)66-75-69(72)63-60-57-54-51-48-45-42-26-23-20-17-14-11-8-5-2/h22,25,29-30,32-33,68H,4-21,23-24,26-28,31,34-67H2,1-3H3/b25-22-,30-29-,33-32-. The molecular formula is C71H132O6. The number of esters is 3. The molecule has 0 aromatic rings. The highest BCUT2D eigenvalue weighted by molar-refractivity contribution is 5.71. The number of carbonyl (C=O) groups is 3. The molecule has 6 heteroatoms. The van der Waals surface area contributed by atoms with Crippen molar-refractivity contribution < 1.29 is 28.6 Å². The van der Waals surface area contributed by atoms with E-state index in [9.17, 15) is 14.4 Å². The van der Waals surface area contributed by atoms with E-state index >= 15 is 0 Å². The lowest BCUT2D eigenvalue weighted by Crippen LogP contribution is -2.30. The Morgan fingerprint density at radius 1 is 0.260 bits per heavy atom. The van der Waals surface area contributed by atoms with Gasteiger partial charge in [-0.2, -0.15) is 0 Å². The van der Waals surface area contributed by atoms with Crippen LogP contribution in [0, 0.1) is 0 Å². The fourth-order valence-corrected chi connectivity index (χ4v) is 10.5. The van der Waals surface area contributed by atoms with Gasteiger partial charge in [0, 0.05) is 19.3 Å². The van der Waals surface area contributed by atoms with Crippen LogP contribution in [0.5, 0.6) is 0 Å². The van der Waals surface area contributed by atoms with E-state index in [0.717, 1.165) is 70.6 Å². The van der Waals surface area contributed by atoms with Crippen molar-refractivity contribution in [2.75, 3.05) is 13.2 Å². The predicted molar refractivity (Wildman–Crippen MR) is 335 cm³/mol. The third-order valence-corrected chi connectivity index (χ3v) is 15.6. The van der Waals surface area contributed by atoms with Crippen LogP contribution in [0.3, 0.4) is 0 Å². The van der Waals surface area contributed by atoms with Gasteiger partial charge in [-0.15, -0.1) is 0 Å². The molecule has 0 aromatic heterocycles. The Morgan fingerprint density at radius 3 is 0.727 bits per heavy atom. The highest BCUT2D eigenvalue weighted by atomic mass is 16.6. The summed E-state index contributed by atoms with van der Waals surface area (Å²) >= 11 is 0. The van der Waals surface area contributed by atoms with Crippen molar-refractivity contribution in [3.05, 3.63) is 36.5 Å². The molecule has 0 radical (unpaired) electrons. The number of allylic oxidation sites excluding steroid dienone is 6. The normalized spacial score (nSPS) is 12.2. The van der Waals surface area contributed by atoms with Gasteiger partial charge in [0.05, 0.1) is 0 Å². The van der Waals surface area contributed by atoms with E-state index in [0.29, 0.717) is 19.3 Å². The Bertz CT molecular complexity index is 1290. The molecule has 0 fully saturated rings. The smallest absolute Gasteiger partial charge is 0.306 e. The van der Waals surface area contributed by atoms with Crippen molar-refractivity contribution in [3.63, 3.8) is 0 Å². The molecule has 1 atom stereocenters. The van der Waals surface area contributed by atoms with Crippen molar-refractivity contribution in [3.8, 4) is 0 Å². The van der Waals surface area contributed by atoms with Crippen LogP contribution < -0.4 is 0 Å². The van der Waals surface area contributed by atoms with E-state index in [2.05, 4.69) is 57.2 Å². The second kappa shape index (κ2) is 66.1. The molecule has 0 saturated heterocycles. The third kappa shape index (κ3) is 64.3. The summed E-state index contributed by atoms with van der Waals surface area (Å²) in [5, 5.41) is 0. The van der Waals surface area contributed by atoms with Gasteiger partial charge in [0.1, 0.15) is 13.2 Å². The monoisotopic (exact) mass is 1080 g/mol. The molecule has 0 aliphatic carbocycles. The maximum atomic E-state index is 12.9. The van der Waals surface area contributed by atoms with Gasteiger partial charge < -0.3 is 14.2 Å². The molecule has 0 rings (SSSR count). The summed E-state index contributed by atoms with van der Waals surface area (Å²) in [6.07, 6.45) is 81.6. The fourth-order valence-electron chi connectivity index (χ4n) is 10.5. The number of ether oxygens (including phenoxy) is 3. The average molecular weight is 1080 g/mol. The van der Waals surface area contributed by atoms with Crippen molar-refractivity contribution in [2.24, 2.45) is 0 Å². The summed E-state index contributed by atoms with van der Waals surface area (Å²) in [4.78, 5) is 38.4. The van der Waals surface area contributed by atoms with Crippen LogP contribution in [0.15, 0.2) is 36.5 Å². The summed E-state index contributed by atoms with van der Waals surface area (Å²) in [5.74, 6) is -0.836. The lowest BCUT2D eigenvalue weighted by Gasteiger charge is -2.18. The summed E-state index contributed by atoms with van der Waals surface area (Å²) in [6.45, 7) is 6.70. The molecule has 0 N–H and O–H groups in total. The molecule has 0 heterocycles. The van der Waals surface area contributed by atoms with Gasteiger partial charge >= 0.3 is 17.9 Å². The van der Waals surface area contributed by atoms with Crippen LogP contribution in [0.1, 0.15) is 380 Å². The van der Waals surface area contributed by atoms with Crippen LogP contribution >= 0.6 is 0 Å². The zero-order valence-corrected chi connectivity index (χ0v) is 52.0. The minimum absolute atomic E-state index is 0.0652. The summed E-state index contributed by atoms with van der Waals surface area (Å²) in [6, 6.07) is 0. The Hall–Kier alpha value is -2.37. The second-order valence-electron chi connectivity index (χ2n) is 23.5. The molecule has 6 nitrogen and oxygen atoms in total. The number of hydrogen-bond acceptors (Lipinski definition) is 6. The number of carbonyl (C=O) groups excluding carboxylic acids is 3.